The molecule has 0 aromatic heterocycles. The number of methoxy groups -OCH3 is 1. The monoisotopic (exact) mass is 320 g/mol. The van der Waals surface area contributed by atoms with Crippen molar-refractivity contribution in [2.24, 2.45) is 0 Å². The summed E-state index contributed by atoms with van der Waals surface area (Å²) in [4.78, 5) is 11.9. The van der Waals surface area contributed by atoms with Gasteiger partial charge in [0.2, 0.25) is 0 Å². The van der Waals surface area contributed by atoms with Gasteiger partial charge in [-0.15, -0.1) is 0 Å². The normalized spacial score (nSPS) is 14.6. The molecule has 5 heteroatoms. The van der Waals surface area contributed by atoms with E-state index in [4.69, 9.17) is 0 Å². The fraction of sp³-hybridized carbons (Fsp3) is 0.278. The first-order valence-electron chi connectivity index (χ1n) is 7.30. The van der Waals surface area contributed by atoms with Crippen LogP contribution >= 0.6 is 0 Å². The second-order valence-corrected chi connectivity index (χ2v) is 5.65. The largest absolute Gasteiger partial charge is 0.465 e. The lowest BCUT2D eigenvalue weighted by molar-refractivity contribution is -0.137. The molecule has 1 aliphatic rings. The Morgan fingerprint density at radius 2 is 1.74 bits per heavy atom. The Morgan fingerprint density at radius 1 is 1.09 bits per heavy atom. The predicted octanol–water partition coefficient (Wildman–Crippen LogP) is 5.04. The van der Waals surface area contributed by atoms with E-state index in [2.05, 4.69) is 4.74 Å². The third-order valence-electron chi connectivity index (χ3n) is 4.02. The maximum atomic E-state index is 13.0. The molecule has 0 aliphatic heterocycles. The summed E-state index contributed by atoms with van der Waals surface area (Å²) in [6.45, 7) is 0. The van der Waals surface area contributed by atoms with Crippen molar-refractivity contribution < 1.29 is 22.7 Å². The predicted molar refractivity (Wildman–Crippen MR) is 80.2 cm³/mol. The van der Waals surface area contributed by atoms with Gasteiger partial charge in [-0.2, -0.15) is 13.2 Å². The number of rotatable bonds is 3. The molecule has 0 atom stereocenters. The lowest BCUT2D eigenvalue weighted by Gasteiger charge is -2.13. The molecule has 23 heavy (non-hydrogen) atoms. The van der Waals surface area contributed by atoms with E-state index in [0.717, 1.165) is 25.0 Å². The molecule has 0 heterocycles. The zero-order valence-electron chi connectivity index (χ0n) is 12.5. The van der Waals surface area contributed by atoms with E-state index >= 15 is 0 Å². The minimum absolute atomic E-state index is 0.125. The Balaban J connectivity index is 2.07. The Labute approximate surface area is 131 Å². The summed E-state index contributed by atoms with van der Waals surface area (Å²) in [7, 11) is 1.21. The van der Waals surface area contributed by atoms with E-state index in [-0.39, 0.29) is 11.1 Å². The van der Waals surface area contributed by atoms with E-state index in [1.54, 1.807) is 12.1 Å². The van der Waals surface area contributed by atoms with Crippen LogP contribution in [0.4, 0.5) is 13.2 Å². The summed E-state index contributed by atoms with van der Waals surface area (Å²) in [6.07, 6.45) is -2.16. The lowest BCUT2D eigenvalue weighted by atomic mass is 9.95. The van der Waals surface area contributed by atoms with E-state index in [0.29, 0.717) is 11.5 Å². The van der Waals surface area contributed by atoms with E-state index < -0.39 is 17.7 Å². The van der Waals surface area contributed by atoms with Crippen molar-refractivity contribution in [2.75, 3.05) is 7.11 Å². The molecule has 0 bridgehead atoms. The number of benzene rings is 2. The van der Waals surface area contributed by atoms with E-state index in [1.807, 2.05) is 12.1 Å². The molecule has 2 aromatic rings. The molecule has 1 fully saturated rings. The van der Waals surface area contributed by atoms with Crippen LogP contribution in [-0.4, -0.2) is 13.1 Å². The third kappa shape index (κ3) is 3.23. The van der Waals surface area contributed by atoms with Gasteiger partial charge in [-0.3, -0.25) is 0 Å². The molecule has 2 nitrogen and oxygen atoms in total. The van der Waals surface area contributed by atoms with Crippen molar-refractivity contribution in [3.8, 4) is 11.1 Å². The van der Waals surface area contributed by atoms with Crippen LogP contribution in [0.2, 0.25) is 0 Å². The molecule has 0 radical (unpaired) electrons. The van der Waals surface area contributed by atoms with E-state index in [1.165, 1.54) is 18.7 Å². The Morgan fingerprint density at radius 3 is 2.26 bits per heavy atom. The van der Waals surface area contributed by atoms with Crippen LogP contribution in [-0.2, 0) is 10.9 Å². The fourth-order valence-corrected chi connectivity index (χ4v) is 2.60. The molecule has 1 saturated carbocycles. The van der Waals surface area contributed by atoms with E-state index in [9.17, 15) is 18.0 Å². The van der Waals surface area contributed by atoms with Gasteiger partial charge in [0.1, 0.15) is 0 Å². The molecule has 0 unspecified atom stereocenters. The highest BCUT2D eigenvalue weighted by atomic mass is 19.4. The van der Waals surface area contributed by atoms with Crippen molar-refractivity contribution in [3.05, 3.63) is 59.2 Å². The van der Waals surface area contributed by atoms with Gasteiger partial charge in [-0.25, -0.2) is 4.79 Å². The molecular weight excluding hydrogens is 305 g/mol. The molecule has 0 N–H and O–H groups in total. The second kappa shape index (κ2) is 5.72. The Kier molecular flexibility index (Phi) is 3.88. The Bertz CT molecular complexity index is 729. The van der Waals surface area contributed by atoms with Crippen LogP contribution in [0.5, 0.6) is 0 Å². The van der Waals surface area contributed by atoms with Crippen molar-refractivity contribution in [1.29, 1.82) is 0 Å². The SMILES string of the molecule is COC(=O)c1ccc(C(F)(F)F)cc1-c1ccc(C2CC2)cc1. The van der Waals surface area contributed by atoms with Crippen LogP contribution in [0.3, 0.4) is 0 Å². The fourth-order valence-electron chi connectivity index (χ4n) is 2.60. The van der Waals surface area contributed by atoms with Gasteiger partial charge in [0, 0.05) is 0 Å². The first-order chi connectivity index (χ1) is 10.9. The topological polar surface area (TPSA) is 26.3 Å². The van der Waals surface area contributed by atoms with Crippen LogP contribution in [0.15, 0.2) is 42.5 Å². The summed E-state index contributed by atoms with van der Waals surface area (Å²) in [5, 5.41) is 0. The lowest BCUT2D eigenvalue weighted by Crippen LogP contribution is -2.09. The molecular formula is C18H15F3O2. The highest BCUT2D eigenvalue weighted by Crippen LogP contribution is 2.41. The number of hydrogen-bond donors (Lipinski definition) is 0. The maximum absolute atomic E-state index is 13.0. The van der Waals surface area contributed by atoms with Crippen molar-refractivity contribution in [3.63, 3.8) is 0 Å². The molecule has 2 aromatic carbocycles. The van der Waals surface area contributed by atoms with Crippen LogP contribution in [0, 0.1) is 0 Å². The number of esters is 1. The average molecular weight is 320 g/mol. The number of carbonyl (C=O) groups excluding carboxylic acids is 1. The van der Waals surface area contributed by atoms with Gasteiger partial charge < -0.3 is 4.74 Å². The van der Waals surface area contributed by atoms with Gasteiger partial charge in [0.05, 0.1) is 18.2 Å². The van der Waals surface area contributed by atoms with Crippen LogP contribution in [0.25, 0.3) is 11.1 Å². The van der Waals surface area contributed by atoms with Gasteiger partial charge in [0.15, 0.2) is 0 Å². The molecule has 3 rings (SSSR count). The van der Waals surface area contributed by atoms with Gasteiger partial charge >= 0.3 is 12.1 Å². The zero-order valence-corrected chi connectivity index (χ0v) is 12.5. The summed E-state index contributed by atoms with van der Waals surface area (Å²) < 4.78 is 43.6. The standard InChI is InChI=1S/C18H15F3O2/c1-23-17(22)15-9-8-14(18(19,20)21)10-16(15)13-6-4-12(5-7-13)11-2-3-11/h4-11H,2-3H2,1H3. The molecule has 0 amide bonds. The summed E-state index contributed by atoms with van der Waals surface area (Å²) in [5.74, 6) is -0.0920. The highest BCUT2D eigenvalue weighted by molar-refractivity contribution is 5.97. The third-order valence-corrected chi connectivity index (χ3v) is 4.02. The van der Waals surface area contributed by atoms with Gasteiger partial charge in [0.25, 0.3) is 0 Å². The van der Waals surface area contributed by atoms with Crippen molar-refractivity contribution in [1.82, 2.24) is 0 Å². The summed E-state index contributed by atoms with van der Waals surface area (Å²) in [5.41, 5.74) is 1.32. The molecule has 120 valence electrons. The average Bonchev–Trinajstić information content (AvgIpc) is 3.38. The number of hydrogen-bond acceptors (Lipinski definition) is 2. The molecule has 0 saturated heterocycles. The first kappa shape index (κ1) is 15.6. The van der Waals surface area contributed by atoms with Gasteiger partial charge in [-0.05, 0) is 53.6 Å². The number of ether oxygens (including phenoxy) is 1. The van der Waals surface area contributed by atoms with Crippen LogP contribution < -0.4 is 0 Å². The highest BCUT2D eigenvalue weighted by Gasteiger charge is 2.32. The van der Waals surface area contributed by atoms with Gasteiger partial charge in [-0.1, -0.05) is 24.3 Å². The molecule has 1 aliphatic carbocycles. The smallest absolute Gasteiger partial charge is 0.416 e. The second-order valence-electron chi connectivity index (χ2n) is 5.65. The molecule has 0 spiro atoms. The minimum Gasteiger partial charge on any atom is -0.465 e. The number of alkyl halides is 3. The minimum atomic E-state index is -4.46. The van der Waals surface area contributed by atoms with Crippen LogP contribution in [0.1, 0.15) is 40.2 Å². The first-order valence-corrected chi connectivity index (χ1v) is 7.30. The summed E-state index contributed by atoms with van der Waals surface area (Å²) >= 11 is 0. The quantitative estimate of drug-likeness (QED) is 0.741. The maximum Gasteiger partial charge on any atom is 0.416 e. The van der Waals surface area contributed by atoms with Crippen molar-refractivity contribution >= 4 is 5.97 Å². The number of halogens is 3. The zero-order chi connectivity index (χ0) is 16.6. The Hall–Kier alpha value is -2.30. The summed E-state index contributed by atoms with van der Waals surface area (Å²) in [6, 6.07) is 10.4. The number of carbonyl (C=O) groups is 1. The van der Waals surface area contributed by atoms with Crippen molar-refractivity contribution in [2.45, 2.75) is 24.9 Å².